The second kappa shape index (κ2) is 8.68. The summed E-state index contributed by atoms with van der Waals surface area (Å²) in [5.74, 6) is 0.744. The van der Waals surface area contributed by atoms with E-state index in [1.54, 1.807) is 25.3 Å². The molecular formula is C23H30N2O4S. The van der Waals surface area contributed by atoms with E-state index in [2.05, 4.69) is 26.1 Å². The van der Waals surface area contributed by atoms with Gasteiger partial charge in [-0.25, -0.2) is 0 Å². The van der Waals surface area contributed by atoms with E-state index < -0.39 is 5.91 Å². The van der Waals surface area contributed by atoms with Gasteiger partial charge in [-0.1, -0.05) is 27.2 Å². The third-order valence-corrected chi connectivity index (χ3v) is 7.57. The minimum Gasteiger partial charge on any atom is -0.493 e. The fourth-order valence-corrected chi connectivity index (χ4v) is 5.37. The summed E-state index contributed by atoms with van der Waals surface area (Å²) in [4.78, 5) is 26.3. The van der Waals surface area contributed by atoms with E-state index >= 15 is 0 Å². The van der Waals surface area contributed by atoms with Crippen LogP contribution in [-0.2, 0) is 12.8 Å². The zero-order chi connectivity index (χ0) is 22.1. The molecular weight excluding hydrogens is 400 g/mol. The van der Waals surface area contributed by atoms with E-state index in [0.717, 1.165) is 36.1 Å². The minimum atomic E-state index is -0.497. The summed E-state index contributed by atoms with van der Waals surface area (Å²) in [5.41, 5.74) is 7.81. The first-order valence-electron chi connectivity index (χ1n) is 10.2. The summed E-state index contributed by atoms with van der Waals surface area (Å²) in [6, 6.07) is 4.96. The standard InChI is InChI=1S/C23H30N2O4S/c1-6-23(2,3)14-8-9-15-18(12-14)30-22(19(15)20(24)26)25-21(27)13-7-10-16(28-4)17(11-13)29-5/h7,10-11,14H,6,8-9,12H2,1-5H3,(H2,24,26)(H,25,27)/t14-/m0/s1. The largest absolute Gasteiger partial charge is 0.493 e. The maximum absolute atomic E-state index is 12.9. The number of nitrogens with two attached hydrogens (primary N) is 1. The highest BCUT2D eigenvalue weighted by Gasteiger charge is 2.35. The summed E-state index contributed by atoms with van der Waals surface area (Å²) < 4.78 is 10.5. The zero-order valence-corrected chi connectivity index (χ0v) is 19.1. The molecule has 0 aliphatic heterocycles. The van der Waals surface area contributed by atoms with Gasteiger partial charge in [0.05, 0.1) is 19.8 Å². The summed E-state index contributed by atoms with van der Waals surface area (Å²) in [5, 5.41) is 3.43. The van der Waals surface area contributed by atoms with Gasteiger partial charge in [0.2, 0.25) is 0 Å². The van der Waals surface area contributed by atoms with Crippen LogP contribution in [0.2, 0.25) is 0 Å². The lowest BCUT2D eigenvalue weighted by molar-refractivity contribution is 0.0999. The average molecular weight is 431 g/mol. The molecule has 0 saturated heterocycles. The Labute approximate surface area is 181 Å². The Balaban J connectivity index is 1.90. The highest BCUT2D eigenvalue weighted by Crippen LogP contribution is 2.45. The van der Waals surface area contributed by atoms with Crippen molar-refractivity contribution in [1.82, 2.24) is 0 Å². The monoisotopic (exact) mass is 430 g/mol. The minimum absolute atomic E-state index is 0.234. The molecule has 3 rings (SSSR count). The lowest BCUT2D eigenvalue weighted by atomic mass is 9.69. The van der Waals surface area contributed by atoms with Gasteiger partial charge in [-0.2, -0.15) is 0 Å². The summed E-state index contributed by atoms with van der Waals surface area (Å²) >= 11 is 1.47. The molecule has 0 unspecified atom stereocenters. The van der Waals surface area contributed by atoms with Crippen molar-refractivity contribution in [3.05, 3.63) is 39.8 Å². The topological polar surface area (TPSA) is 90.7 Å². The average Bonchev–Trinajstić information content (AvgIpc) is 3.10. The van der Waals surface area contributed by atoms with Crippen molar-refractivity contribution < 1.29 is 19.1 Å². The Morgan fingerprint density at radius 1 is 1.23 bits per heavy atom. The second-order valence-corrected chi connectivity index (χ2v) is 9.48. The number of methoxy groups -OCH3 is 2. The van der Waals surface area contributed by atoms with Crippen molar-refractivity contribution in [3.8, 4) is 11.5 Å². The highest BCUT2D eigenvalue weighted by atomic mass is 32.1. The summed E-state index contributed by atoms with van der Waals surface area (Å²) in [7, 11) is 3.06. The van der Waals surface area contributed by atoms with Crippen LogP contribution in [0.4, 0.5) is 5.00 Å². The summed E-state index contributed by atoms with van der Waals surface area (Å²) in [6.45, 7) is 6.81. The van der Waals surface area contributed by atoms with Gasteiger partial charge in [0.15, 0.2) is 11.5 Å². The summed E-state index contributed by atoms with van der Waals surface area (Å²) in [6.07, 6.45) is 3.84. The van der Waals surface area contributed by atoms with Crippen molar-refractivity contribution in [2.75, 3.05) is 19.5 Å². The number of amides is 2. The van der Waals surface area contributed by atoms with E-state index in [1.165, 1.54) is 18.4 Å². The molecule has 0 bridgehead atoms. The van der Waals surface area contributed by atoms with E-state index in [-0.39, 0.29) is 11.3 Å². The van der Waals surface area contributed by atoms with Crippen LogP contribution in [0, 0.1) is 11.3 Å². The number of thiophene rings is 1. The van der Waals surface area contributed by atoms with E-state index in [9.17, 15) is 9.59 Å². The van der Waals surface area contributed by atoms with Crippen LogP contribution in [0.1, 0.15) is 64.8 Å². The molecule has 0 fully saturated rings. The highest BCUT2D eigenvalue weighted by molar-refractivity contribution is 7.17. The molecule has 1 heterocycles. The lowest BCUT2D eigenvalue weighted by Crippen LogP contribution is -2.29. The quantitative estimate of drug-likeness (QED) is 0.668. The Hall–Kier alpha value is -2.54. The normalized spacial score (nSPS) is 16.0. The fourth-order valence-electron chi connectivity index (χ4n) is 4.04. The molecule has 1 atom stereocenters. The van der Waals surface area contributed by atoms with Gasteiger partial charge in [0, 0.05) is 10.4 Å². The van der Waals surface area contributed by atoms with Gasteiger partial charge in [-0.05, 0) is 54.4 Å². The number of ether oxygens (including phenoxy) is 2. The molecule has 0 radical (unpaired) electrons. The van der Waals surface area contributed by atoms with Gasteiger partial charge >= 0.3 is 0 Å². The van der Waals surface area contributed by atoms with Crippen LogP contribution >= 0.6 is 11.3 Å². The maximum Gasteiger partial charge on any atom is 0.256 e. The first kappa shape index (κ1) is 22.2. The van der Waals surface area contributed by atoms with Gasteiger partial charge in [-0.15, -0.1) is 11.3 Å². The van der Waals surface area contributed by atoms with Crippen LogP contribution in [0.25, 0.3) is 0 Å². The fraction of sp³-hybridized carbons (Fsp3) is 0.478. The zero-order valence-electron chi connectivity index (χ0n) is 18.3. The Kier molecular flexibility index (Phi) is 6.41. The number of anilines is 1. The number of carbonyl (C=O) groups excluding carboxylic acids is 2. The number of hydrogen-bond acceptors (Lipinski definition) is 5. The molecule has 3 N–H and O–H groups in total. The molecule has 1 aromatic heterocycles. The van der Waals surface area contributed by atoms with Gasteiger partial charge in [-0.3, -0.25) is 9.59 Å². The van der Waals surface area contributed by atoms with Crippen LogP contribution in [0.15, 0.2) is 18.2 Å². The predicted molar refractivity (Wildman–Crippen MR) is 120 cm³/mol. The van der Waals surface area contributed by atoms with Crippen molar-refractivity contribution in [2.24, 2.45) is 17.1 Å². The molecule has 7 heteroatoms. The van der Waals surface area contributed by atoms with Gasteiger partial charge in [0.1, 0.15) is 5.00 Å². The maximum atomic E-state index is 12.9. The van der Waals surface area contributed by atoms with Crippen LogP contribution in [0.3, 0.4) is 0 Å². The molecule has 30 heavy (non-hydrogen) atoms. The van der Waals surface area contributed by atoms with Gasteiger partial charge < -0.3 is 20.5 Å². The van der Waals surface area contributed by atoms with E-state index in [0.29, 0.717) is 33.5 Å². The van der Waals surface area contributed by atoms with E-state index in [4.69, 9.17) is 15.2 Å². The number of primary amides is 1. The number of rotatable bonds is 7. The molecule has 1 aromatic carbocycles. The molecule has 2 amide bonds. The third-order valence-electron chi connectivity index (χ3n) is 6.40. The number of nitrogens with one attached hydrogen (secondary N) is 1. The Morgan fingerprint density at radius 3 is 2.53 bits per heavy atom. The molecule has 2 aromatic rings. The molecule has 6 nitrogen and oxygen atoms in total. The number of fused-ring (bicyclic) bond motifs is 1. The number of hydrogen-bond donors (Lipinski definition) is 2. The van der Waals surface area contributed by atoms with Crippen molar-refractivity contribution in [2.45, 2.75) is 46.5 Å². The number of carbonyl (C=O) groups is 2. The first-order chi connectivity index (χ1) is 14.2. The number of benzene rings is 1. The lowest BCUT2D eigenvalue weighted by Gasteiger charge is -2.36. The SMILES string of the molecule is CCC(C)(C)[C@H]1CCc2c(sc(NC(=O)c3ccc(OC)c(OC)c3)c2C(N)=O)C1. The van der Waals surface area contributed by atoms with Crippen LogP contribution in [-0.4, -0.2) is 26.0 Å². The van der Waals surface area contributed by atoms with Crippen molar-refractivity contribution in [3.63, 3.8) is 0 Å². The molecule has 162 valence electrons. The molecule has 0 spiro atoms. The van der Waals surface area contributed by atoms with Crippen molar-refractivity contribution >= 4 is 28.2 Å². The Morgan fingerprint density at radius 2 is 1.93 bits per heavy atom. The molecule has 0 saturated carbocycles. The molecule has 1 aliphatic carbocycles. The third kappa shape index (κ3) is 4.17. The van der Waals surface area contributed by atoms with Crippen LogP contribution in [0.5, 0.6) is 11.5 Å². The van der Waals surface area contributed by atoms with Crippen molar-refractivity contribution in [1.29, 1.82) is 0 Å². The smallest absolute Gasteiger partial charge is 0.256 e. The van der Waals surface area contributed by atoms with Crippen LogP contribution < -0.4 is 20.5 Å². The predicted octanol–water partition coefficient (Wildman–Crippen LogP) is 4.66. The second-order valence-electron chi connectivity index (χ2n) is 8.38. The first-order valence-corrected chi connectivity index (χ1v) is 11.0. The molecule has 1 aliphatic rings. The Bertz CT molecular complexity index is 964. The van der Waals surface area contributed by atoms with E-state index in [1.807, 2.05) is 0 Å². The van der Waals surface area contributed by atoms with Gasteiger partial charge in [0.25, 0.3) is 11.8 Å².